The van der Waals surface area contributed by atoms with Crippen LogP contribution >= 0.6 is 23.2 Å². The zero-order valence-electron chi connectivity index (χ0n) is 26.7. The van der Waals surface area contributed by atoms with Crippen LogP contribution in [0.3, 0.4) is 0 Å². The van der Waals surface area contributed by atoms with E-state index in [4.69, 9.17) is 31.8 Å². The van der Waals surface area contributed by atoms with E-state index in [9.17, 15) is 36.0 Å². The van der Waals surface area contributed by atoms with Crippen LogP contribution in [0.15, 0.2) is 58.3 Å². The van der Waals surface area contributed by atoms with Crippen LogP contribution in [0.2, 0.25) is 10.0 Å². The average Bonchev–Trinajstić information content (AvgIpc) is 3.04. The van der Waals surface area contributed by atoms with Gasteiger partial charge < -0.3 is 0 Å². The maximum absolute atomic E-state index is 13.2. The first-order chi connectivity index (χ1) is 23.1. The minimum absolute atomic E-state index is 0.153. The SMILES string of the molecule is O=C(CC1(CC(=O)NC(=O)CC2(CC(=O)NOS(=O)(=O)c3ccc(Cl)cc3)CCCCC2)CCCCC1)NOS(=O)(=O)c1ccc(Cl)cc1. The van der Waals surface area contributed by atoms with Crippen LogP contribution in [0, 0.1) is 10.8 Å². The molecule has 2 aromatic rings. The lowest BCUT2D eigenvalue weighted by Gasteiger charge is -2.37. The van der Waals surface area contributed by atoms with Crippen molar-refractivity contribution in [2.45, 2.75) is 99.7 Å². The zero-order valence-corrected chi connectivity index (χ0v) is 29.8. The van der Waals surface area contributed by atoms with Gasteiger partial charge in [0.25, 0.3) is 0 Å². The number of carbonyl (C=O) groups is 4. The second-order valence-electron chi connectivity index (χ2n) is 12.8. The number of nitrogens with one attached hydrogen (secondary N) is 3. The molecule has 268 valence electrons. The number of hydrogen-bond donors (Lipinski definition) is 3. The van der Waals surface area contributed by atoms with Crippen molar-refractivity contribution in [3.63, 3.8) is 0 Å². The Labute approximate surface area is 295 Å². The van der Waals surface area contributed by atoms with E-state index in [0.29, 0.717) is 35.7 Å². The van der Waals surface area contributed by atoms with Crippen molar-refractivity contribution in [2.75, 3.05) is 0 Å². The minimum Gasteiger partial charge on any atom is -0.296 e. The summed E-state index contributed by atoms with van der Waals surface area (Å²) < 4.78 is 59.4. The molecular formula is C32H39Cl2N3O10S2. The number of halogens is 2. The van der Waals surface area contributed by atoms with Gasteiger partial charge in [-0.2, -0.15) is 16.8 Å². The van der Waals surface area contributed by atoms with Crippen molar-refractivity contribution in [1.29, 1.82) is 0 Å². The summed E-state index contributed by atoms with van der Waals surface area (Å²) >= 11 is 11.6. The molecule has 2 fully saturated rings. The van der Waals surface area contributed by atoms with Gasteiger partial charge in [0.15, 0.2) is 0 Å². The predicted octanol–water partition coefficient (Wildman–Crippen LogP) is 5.27. The van der Waals surface area contributed by atoms with Crippen molar-refractivity contribution in [3.05, 3.63) is 58.6 Å². The van der Waals surface area contributed by atoms with E-state index in [1.54, 1.807) is 0 Å². The first-order valence-corrected chi connectivity index (χ1v) is 19.5. The number of rotatable bonds is 14. The molecule has 4 amide bonds. The van der Waals surface area contributed by atoms with Gasteiger partial charge in [0.2, 0.25) is 23.6 Å². The Kier molecular flexibility index (Phi) is 13.2. The third kappa shape index (κ3) is 11.5. The van der Waals surface area contributed by atoms with E-state index >= 15 is 0 Å². The zero-order chi connectivity index (χ0) is 35.7. The standard InChI is InChI=1S/C32H39Cl2N3O10S2/c33-23-7-11-25(12-8-23)48(42,43)46-36-29(40)21-31(15-3-1-4-16-31)19-27(38)35-28(39)20-32(17-5-2-6-18-32)22-30(41)37-47-49(44,45)26-13-9-24(34)10-14-26/h7-14H,1-6,15-22H2,(H,36,40)(H,37,41)(H,35,38,39). The highest BCUT2D eigenvalue weighted by atomic mass is 35.5. The molecule has 0 saturated heterocycles. The molecule has 0 atom stereocenters. The third-order valence-corrected chi connectivity index (χ3v) is 11.8. The van der Waals surface area contributed by atoms with Crippen molar-refractivity contribution in [2.24, 2.45) is 10.8 Å². The van der Waals surface area contributed by atoms with E-state index in [2.05, 4.69) is 5.32 Å². The van der Waals surface area contributed by atoms with Gasteiger partial charge in [0.05, 0.1) is 9.79 Å². The molecule has 2 aromatic carbocycles. The van der Waals surface area contributed by atoms with Crippen molar-refractivity contribution in [3.8, 4) is 0 Å². The fraction of sp³-hybridized carbons (Fsp3) is 0.500. The Bertz CT molecular complexity index is 1600. The number of benzene rings is 2. The highest BCUT2D eigenvalue weighted by molar-refractivity contribution is 7.87. The smallest absolute Gasteiger partial charge is 0.296 e. The van der Waals surface area contributed by atoms with Gasteiger partial charge in [-0.3, -0.25) is 24.5 Å². The molecule has 0 bridgehead atoms. The Hall–Kier alpha value is -3.08. The monoisotopic (exact) mass is 759 g/mol. The Balaban J connectivity index is 1.33. The molecule has 0 spiro atoms. The summed E-state index contributed by atoms with van der Waals surface area (Å²) in [5.74, 6) is -2.65. The minimum atomic E-state index is -4.31. The summed E-state index contributed by atoms with van der Waals surface area (Å²) in [6.07, 6.45) is 6.11. The molecule has 0 heterocycles. The van der Waals surface area contributed by atoms with Gasteiger partial charge in [-0.25, -0.2) is 11.0 Å². The molecule has 17 heteroatoms. The summed E-state index contributed by atoms with van der Waals surface area (Å²) in [6.45, 7) is 0. The van der Waals surface area contributed by atoms with Gasteiger partial charge in [0.1, 0.15) is 0 Å². The van der Waals surface area contributed by atoms with Crippen molar-refractivity contribution < 1.29 is 44.6 Å². The quantitative estimate of drug-likeness (QED) is 0.214. The molecule has 2 saturated carbocycles. The van der Waals surface area contributed by atoms with Crippen LogP contribution in [-0.2, 0) is 48.0 Å². The number of hydrogen-bond acceptors (Lipinski definition) is 10. The number of hydroxylamine groups is 2. The summed E-state index contributed by atoms with van der Waals surface area (Å²) in [5.41, 5.74) is 2.31. The summed E-state index contributed by atoms with van der Waals surface area (Å²) in [4.78, 5) is 51.7. The molecule has 4 rings (SSSR count). The second-order valence-corrected chi connectivity index (χ2v) is 16.8. The maximum atomic E-state index is 13.2. The second kappa shape index (κ2) is 16.8. The lowest BCUT2D eigenvalue weighted by molar-refractivity contribution is -0.135. The molecule has 0 aromatic heterocycles. The van der Waals surface area contributed by atoms with Crippen LogP contribution in [0.1, 0.15) is 89.9 Å². The molecule has 13 nitrogen and oxygen atoms in total. The maximum Gasteiger partial charge on any atom is 0.317 e. The molecule has 2 aliphatic rings. The Morgan fingerprint density at radius 2 is 0.837 bits per heavy atom. The first-order valence-electron chi connectivity index (χ1n) is 15.9. The lowest BCUT2D eigenvalue weighted by atomic mass is 9.69. The molecule has 0 radical (unpaired) electrons. The largest absolute Gasteiger partial charge is 0.317 e. The van der Waals surface area contributed by atoms with Gasteiger partial charge in [-0.15, -0.1) is 8.57 Å². The van der Waals surface area contributed by atoms with Crippen molar-refractivity contribution >= 4 is 67.1 Å². The molecule has 3 N–H and O–H groups in total. The van der Waals surface area contributed by atoms with Crippen LogP contribution in [0.25, 0.3) is 0 Å². The van der Waals surface area contributed by atoms with Crippen molar-refractivity contribution in [1.82, 2.24) is 16.3 Å². The van der Waals surface area contributed by atoms with E-state index in [1.165, 1.54) is 48.5 Å². The van der Waals surface area contributed by atoms with Gasteiger partial charge in [0, 0.05) is 35.7 Å². The summed E-state index contributed by atoms with van der Waals surface area (Å²) in [6, 6.07) is 10.4. The van der Waals surface area contributed by atoms with Crippen LogP contribution < -0.4 is 16.3 Å². The highest BCUT2D eigenvalue weighted by Crippen LogP contribution is 2.44. The molecule has 49 heavy (non-hydrogen) atoms. The summed E-state index contributed by atoms with van der Waals surface area (Å²) in [5, 5.41) is 3.07. The number of carbonyl (C=O) groups excluding carboxylic acids is 4. The number of imide groups is 1. The Morgan fingerprint density at radius 3 is 1.16 bits per heavy atom. The third-order valence-electron chi connectivity index (χ3n) is 8.98. The molecular weight excluding hydrogens is 721 g/mol. The van der Waals surface area contributed by atoms with Gasteiger partial charge >= 0.3 is 20.2 Å². The van der Waals surface area contributed by atoms with E-state index < -0.39 is 54.7 Å². The molecule has 0 unspecified atom stereocenters. The summed E-state index contributed by atoms with van der Waals surface area (Å²) in [7, 11) is -8.62. The van der Waals surface area contributed by atoms with E-state index in [0.717, 1.165) is 38.5 Å². The van der Waals surface area contributed by atoms with Gasteiger partial charge in [-0.1, -0.05) is 61.7 Å². The fourth-order valence-corrected chi connectivity index (χ4v) is 8.40. The van der Waals surface area contributed by atoms with Crippen LogP contribution in [-0.4, -0.2) is 40.5 Å². The van der Waals surface area contributed by atoms with E-state index in [1.807, 2.05) is 11.0 Å². The van der Waals surface area contributed by atoms with Crippen LogP contribution in [0.5, 0.6) is 0 Å². The number of amides is 4. The Morgan fingerprint density at radius 1 is 0.531 bits per heavy atom. The molecule has 0 aliphatic heterocycles. The van der Waals surface area contributed by atoms with E-state index in [-0.39, 0.29) is 35.5 Å². The van der Waals surface area contributed by atoms with Gasteiger partial charge in [-0.05, 0) is 85.0 Å². The lowest BCUT2D eigenvalue weighted by Crippen LogP contribution is -2.42. The topological polar surface area (TPSA) is 191 Å². The van der Waals surface area contributed by atoms with Crippen LogP contribution in [0.4, 0.5) is 0 Å². The average molecular weight is 761 g/mol. The fourth-order valence-electron chi connectivity index (χ4n) is 6.62. The predicted molar refractivity (Wildman–Crippen MR) is 178 cm³/mol. The highest BCUT2D eigenvalue weighted by Gasteiger charge is 2.40. The molecule has 2 aliphatic carbocycles. The normalized spacial score (nSPS) is 17.4. The first kappa shape index (κ1) is 38.7.